The summed E-state index contributed by atoms with van der Waals surface area (Å²) in [5, 5.41) is 0. The van der Waals surface area contributed by atoms with Crippen molar-refractivity contribution in [3.8, 4) is 5.75 Å². The Morgan fingerprint density at radius 3 is 1.81 bits per heavy atom. The zero-order valence-electron chi connectivity index (χ0n) is 15.9. The van der Waals surface area contributed by atoms with Crippen LogP contribution in [-0.4, -0.2) is 18.1 Å². The average Bonchev–Trinajstić information content (AvgIpc) is 2.71. The predicted octanol–water partition coefficient (Wildman–Crippen LogP) is 5.80. The van der Waals surface area contributed by atoms with Crippen LogP contribution < -0.4 is 4.74 Å². The van der Waals surface area contributed by atoms with Crippen LogP contribution in [0.5, 0.6) is 5.75 Å². The summed E-state index contributed by atoms with van der Waals surface area (Å²) >= 11 is 0. The first-order valence-electron chi connectivity index (χ1n) is 9.53. The van der Waals surface area contributed by atoms with Gasteiger partial charge < -0.3 is 4.74 Å². The Morgan fingerprint density at radius 2 is 1.30 bits per heavy atom. The van der Waals surface area contributed by atoms with Gasteiger partial charge in [-0.05, 0) is 35.7 Å². The molecule has 27 heavy (non-hydrogen) atoms. The van der Waals surface area contributed by atoms with E-state index < -0.39 is 0 Å². The highest BCUT2D eigenvalue weighted by Gasteiger charge is 2.05. The van der Waals surface area contributed by atoms with Gasteiger partial charge in [0.05, 0.1) is 6.61 Å². The Kier molecular flexibility index (Phi) is 7.25. The summed E-state index contributed by atoms with van der Waals surface area (Å²) in [5.74, 6) is 0.921. The molecule has 0 aliphatic rings. The molecule has 0 N–H and O–H groups in total. The van der Waals surface area contributed by atoms with Crippen molar-refractivity contribution in [2.45, 2.75) is 20.0 Å². The summed E-state index contributed by atoms with van der Waals surface area (Å²) in [7, 11) is 0. The number of nitrogens with zero attached hydrogens (tertiary/aromatic N) is 1. The summed E-state index contributed by atoms with van der Waals surface area (Å²) in [5.41, 5.74) is 3.86. The molecular weight excluding hydrogens is 330 g/mol. The molecule has 0 spiro atoms. The van der Waals surface area contributed by atoms with Crippen LogP contribution in [-0.2, 0) is 13.1 Å². The molecule has 2 nitrogen and oxygen atoms in total. The maximum atomic E-state index is 5.50. The van der Waals surface area contributed by atoms with Crippen LogP contribution in [0.1, 0.15) is 23.6 Å². The largest absolute Gasteiger partial charge is 0.494 e. The second-order valence-electron chi connectivity index (χ2n) is 6.55. The lowest BCUT2D eigenvalue weighted by Crippen LogP contribution is -2.22. The Balaban J connectivity index is 1.64. The molecule has 0 saturated heterocycles. The van der Waals surface area contributed by atoms with E-state index in [-0.39, 0.29) is 0 Å². The standard InChI is InChI=1S/C25H27NO/c1-2-27-25-17-15-22(16-18-25)14-9-19-26(20-23-10-5-3-6-11-23)21-24-12-7-4-8-13-24/h3-18H,2,19-21H2,1H3/b14-9+. The second-order valence-corrected chi connectivity index (χ2v) is 6.55. The molecule has 0 atom stereocenters. The van der Waals surface area contributed by atoms with Crippen LogP contribution in [0.2, 0.25) is 0 Å². The van der Waals surface area contributed by atoms with Crippen molar-refractivity contribution in [2.75, 3.05) is 13.2 Å². The Hall–Kier alpha value is -2.84. The molecule has 0 unspecified atom stereocenters. The molecule has 0 radical (unpaired) electrons. The molecule has 138 valence electrons. The van der Waals surface area contributed by atoms with Crippen molar-refractivity contribution >= 4 is 6.08 Å². The summed E-state index contributed by atoms with van der Waals surface area (Å²) < 4.78 is 5.50. The third-order valence-electron chi connectivity index (χ3n) is 4.36. The molecular formula is C25H27NO. The number of hydrogen-bond acceptors (Lipinski definition) is 2. The maximum absolute atomic E-state index is 5.50. The van der Waals surface area contributed by atoms with Gasteiger partial charge in [0, 0.05) is 19.6 Å². The molecule has 3 rings (SSSR count). The minimum absolute atomic E-state index is 0.698. The number of hydrogen-bond donors (Lipinski definition) is 0. The van der Waals surface area contributed by atoms with E-state index in [1.807, 2.05) is 19.1 Å². The first kappa shape index (κ1) is 18.9. The van der Waals surface area contributed by atoms with E-state index in [1.54, 1.807) is 0 Å². The van der Waals surface area contributed by atoms with Gasteiger partial charge in [0.15, 0.2) is 0 Å². The van der Waals surface area contributed by atoms with E-state index in [1.165, 1.54) is 16.7 Å². The Labute approximate surface area is 162 Å². The van der Waals surface area contributed by atoms with Gasteiger partial charge in [0.2, 0.25) is 0 Å². The third kappa shape index (κ3) is 6.43. The van der Waals surface area contributed by atoms with Crippen LogP contribution in [0.4, 0.5) is 0 Å². The van der Waals surface area contributed by atoms with Gasteiger partial charge in [0.1, 0.15) is 5.75 Å². The van der Waals surface area contributed by atoms with Crippen LogP contribution in [0, 0.1) is 0 Å². The first-order chi connectivity index (χ1) is 13.3. The normalized spacial score (nSPS) is 11.2. The van der Waals surface area contributed by atoms with Gasteiger partial charge in [-0.1, -0.05) is 84.9 Å². The number of rotatable bonds is 9. The predicted molar refractivity (Wildman–Crippen MR) is 114 cm³/mol. The van der Waals surface area contributed by atoms with Crippen molar-refractivity contribution in [2.24, 2.45) is 0 Å². The quantitative estimate of drug-likeness (QED) is 0.480. The minimum atomic E-state index is 0.698. The lowest BCUT2D eigenvalue weighted by Gasteiger charge is -2.21. The molecule has 2 heteroatoms. The fourth-order valence-corrected chi connectivity index (χ4v) is 3.05. The SMILES string of the molecule is CCOc1ccc(/C=C/CN(Cc2ccccc2)Cc2ccccc2)cc1. The van der Waals surface area contributed by atoms with Gasteiger partial charge in [-0.3, -0.25) is 4.90 Å². The Morgan fingerprint density at radius 1 is 0.741 bits per heavy atom. The molecule has 0 aliphatic heterocycles. The van der Waals surface area contributed by atoms with Gasteiger partial charge >= 0.3 is 0 Å². The summed E-state index contributed by atoms with van der Waals surface area (Å²) in [6.45, 7) is 5.47. The summed E-state index contributed by atoms with van der Waals surface area (Å²) in [6, 6.07) is 29.5. The van der Waals surface area contributed by atoms with Gasteiger partial charge in [-0.15, -0.1) is 0 Å². The lowest BCUT2D eigenvalue weighted by atomic mass is 10.1. The minimum Gasteiger partial charge on any atom is -0.494 e. The van der Waals surface area contributed by atoms with Crippen molar-refractivity contribution < 1.29 is 4.74 Å². The molecule has 0 amide bonds. The van der Waals surface area contributed by atoms with E-state index in [0.29, 0.717) is 6.61 Å². The number of ether oxygens (including phenoxy) is 1. The van der Waals surface area contributed by atoms with Crippen LogP contribution in [0.25, 0.3) is 6.08 Å². The van der Waals surface area contributed by atoms with Crippen molar-refractivity contribution in [3.63, 3.8) is 0 Å². The number of benzene rings is 3. The summed E-state index contributed by atoms with van der Waals surface area (Å²) in [6.07, 6.45) is 4.42. The van der Waals surface area contributed by atoms with Crippen molar-refractivity contribution in [3.05, 3.63) is 108 Å². The van der Waals surface area contributed by atoms with Crippen molar-refractivity contribution in [1.82, 2.24) is 4.90 Å². The molecule has 3 aromatic rings. The highest BCUT2D eigenvalue weighted by molar-refractivity contribution is 5.50. The lowest BCUT2D eigenvalue weighted by molar-refractivity contribution is 0.286. The van der Waals surface area contributed by atoms with E-state index in [9.17, 15) is 0 Å². The third-order valence-corrected chi connectivity index (χ3v) is 4.36. The molecule has 0 fully saturated rings. The molecule has 0 aliphatic carbocycles. The van der Waals surface area contributed by atoms with E-state index in [2.05, 4.69) is 89.8 Å². The first-order valence-corrected chi connectivity index (χ1v) is 9.53. The van der Waals surface area contributed by atoms with Gasteiger partial charge in [0.25, 0.3) is 0 Å². The smallest absolute Gasteiger partial charge is 0.119 e. The highest BCUT2D eigenvalue weighted by atomic mass is 16.5. The van der Waals surface area contributed by atoms with Crippen LogP contribution in [0.3, 0.4) is 0 Å². The highest BCUT2D eigenvalue weighted by Crippen LogP contribution is 2.14. The second kappa shape index (κ2) is 10.3. The maximum Gasteiger partial charge on any atom is 0.119 e. The average molecular weight is 357 g/mol. The van der Waals surface area contributed by atoms with E-state index in [0.717, 1.165) is 25.4 Å². The Bertz CT molecular complexity index is 768. The molecule has 3 aromatic carbocycles. The monoisotopic (exact) mass is 357 g/mol. The zero-order chi connectivity index (χ0) is 18.7. The molecule has 0 saturated carbocycles. The molecule has 0 aromatic heterocycles. The van der Waals surface area contributed by atoms with Gasteiger partial charge in [-0.25, -0.2) is 0 Å². The summed E-state index contributed by atoms with van der Waals surface area (Å²) in [4.78, 5) is 2.45. The zero-order valence-corrected chi connectivity index (χ0v) is 15.9. The van der Waals surface area contributed by atoms with E-state index in [4.69, 9.17) is 4.74 Å². The fourth-order valence-electron chi connectivity index (χ4n) is 3.05. The van der Waals surface area contributed by atoms with E-state index >= 15 is 0 Å². The van der Waals surface area contributed by atoms with Crippen LogP contribution in [0.15, 0.2) is 91.0 Å². The molecule has 0 bridgehead atoms. The van der Waals surface area contributed by atoms with Crippen LogP contribution >= 0.6 is 0 Å². The van der Waals surface area contributed by atoms with Crippen molar-refractivity contribution in [1.29, 1.82) is 0 Å². The van der Waals surface area contributed by atoms with Gasteiger partial charge in [-0.2, -0.15) is 0 Å². The fraction of sp³-hybridized carbons (Fsp3) is 0.200. The molecule has 0 heterocycles. The topological polar surface area (TPSA) is 12.5 Å².